The van der Waals surface area contributed by atoms with Crippen LogP contribution in [0.1, 0.15) is 24.8 Å². The molecule has 2 aromatic rings. The minimum absolute atomic E-state index is 0.00895. The van der Waals surface area contributed by atoms with Crippen molar-refractivity contribution in [2.75, 3.05) is 6.54 Å². The first kappa shape index (κ1) is 15.9. The molecule has 3 unspecified atom stereocenters. The van der Waals surface area contributed by atoms with Gasteiger partial charge in [0.05, 0.1) is 5.92 Å². The van der Waals surface area contributed by atoms with Gasteiger partial charge in [0.25, 0.3) is 0 Å². The summed E-state index contributed by atoms with van der Waals surface area (Å²) < 4.78 is 0. The number of para-hydroxylation sites is 1. The van der Waals surface area contributed by atoms with Crippen molar-refractivity contribution in [3.63, 3.8) is 0 Å². The van der Waals surface area contributed by atoms with Crippen molar-refractivity contribution in [1.82, 2.24) is 15.2 Å². The van der Waals surface area contributed by atoms with Gasteiger partial charge in [-0.15, -0.1) is 11.6 Å². The number of alkyl halides is 1. The van der Waals surface area contributed by atoms with Gasteiger partial charge < -0.3 is 10.3 Å². The van der Waals surface area contributed by atoms with Gasteiger partial charge in [-0.2, -0.15) is 0 Å². The molecule has 2 N–H and O–H groups in total. The third-order valence-corrected chi connectivity index (χ3v) is 5.94. The Labute approximate surface area is 151 Å². The van der Waals surface area contributed by atoms with Gasteiger partial charge in [0, 0.05) is 35.1 Å². The number of hydrogen-bond acceptors (Lipinski definition) is 2. The van der Waals surface area contributed by atoms with E-state index in [9.17, 15) is 4.79 Å². The summed E-state index contributed by atoms with van der Waals surface area (Å²) in [5.74, 6) is 0.168. The molecule has 2 aliphatic rings. The molecule has 2 fully saturated rings. The van der Waals surface area contributed by atoms with Gasteiger partial charge in [-0.25, -0.2) is 0 Å². The molecule has 1 aliphatic carbocycles. The quantitative estimate of drug-likeness (QED) is 0.652. The summed E-state index contributed by atoms with van der Waals surface area (Å²) in [5.41, 5.74) is 2.34. The minimum atomic E-state index is 0.00895. The van der Waals surface area contributed by atoms with E-state index in [1.807, 2.05) is 18.3 Å². The van der Waals surface area contributed by atoms with Gasteiger partial charge in [0.2, 0.25) is 5.91 Å². The van der Waals surface area contributed by atoms with Gasteiger partial charge in [-0.3, -0.25) is 9.69 Å². The predicted molar refractivity (Wildman–Crippen MR) is 100 cm³/mol. The van der Waals surface area contributed by atoms with Gasteiger partial charge >= 0.3 is 0 Å². The first-order chi connectivity index (χ1) is 11.6. The number of aromatic nitrogens is 1. The number of fused-ring (bicyclic) bond motifs is 2. The van der Waals surface area contributed by atoms with E-state index >= 15 is 0 Å². The van der Waals surface area contributed by atoms with E-state index in [2.05, 4.69) is 22.4 Å². The van der Waals surface area contributed by atoms with Gasteiger partial charge in [0.1, 0.15) is 0 Å². The van der Waals surface area contributed by atoms with E-state index in [0.29, 0.717) is 11.7 Å². The Balaban J connectivity index is 1.48. The molecule has 1 aromatic carbocycles. The van der Waals surface area contributed by atoms with Crippen molar-refractivity contribution in [3.05, 3.63) is 36.0 Å². The molecule has 2 heterocycles. The van der Waals surface area contributed by atoms with E-state index in [-0.39, 0.29) is 23.2 Å². The predicted octanol–water partition coefficient (Wildman–Crippen LogP) is 3.20. The number of thiocarbonyl (C=S) groups is 1. The molecule has 4 nitrogen and oxygen atoms in total. The molecule has 0 spiro atoms. The number of nitrogens with zero attached hydrogens (tertiary/aromatic N) is 1. The molecule has 1 saturated heterocycles. The fraction of sp³-hybridized carbons (Fsp3) is 0.444. The van der Waals surface area contributed by atoms with Crippen LogP contribution in [0.2, 0.25) is 0 Å². The molecule has 0 radical (unpaired) electrons. The average molecular weight is 362 g/mol. The Bertz CT molecular complexity index is 789. The highest BCUT2D eigenvalue weighted by Gasteiger charge is 2.42. The van der Waals surface area contributed by atoms with Crippen LogP contribution in [0.4, 0.5) is 0 Å². The number of H-pyrrole nitrogens is 1. The summed E-state index contributed by atoms with van der Waals surface area (Å²) >= 11 is 11.7. The van der Waals surface area contributed by atoms with Crippen LogP contribution in [-0.2, 0) is 11.2 Å². The molecule has 4 rings (SSSR count). The highest BCUT2D eigenvalue weighted by atomic mass is 35.5. The highest BCUT2D eigenvalue weighted by Crippen LogP contribution is 2.32. The maximum absolute atomic E-state index is 12.8. The lowest BCUT2D eigenvalue weighted by Gasteiger charge is -2.42. The van der Waals surface area contributed by atoms with E-state index in [0.717, 1.165) is 31.2 Å². The highest BCUT2D eigenvalue weighted by molar-refractivity contribution is 7.80. The number of carbonyl (C=O) groups is 1. The second kappa shape index (κ2) is 6.37. The lowest BCUT2D eigenvalue weighted by molar-refractivity contribution is -0.134. The number of carbonyl (C=O) groups excluding carboxylic acids is 1. The zero-order chi connectivity index (χ0) is 16.7. The Hall–Kier alpha value is -1.59. The number of amides is 1. The Morgan fingerprint density at radius 1 is 1.29 bits per heavy atom. The Morgan fingerprint density at radius 3 is 3.00 bits per heavy atom. The van der Waals surface area contributed by atoms with Gasteiger partial charge in [-0.05, 0) is 49.5 Å². The molecule has 1 aliphatic heterocycles. The number of rotatable bonds is 3. The van der Waals surface area contributed by atoms with Crippen LogP contribution in [0, 0.1) is 5.92 Å². The van der Waals surface area contributed by atoms with Crippen molar-refractivity contribution < 1.29 is 4.79 Å². The lowest BCUT2D eigenvalue weighted by atomic mass is 9.82. The molecule has 1 aromatic heterocycles. The second-order valence-corrected chi connectivity index (χ2v) is 7.68. The number of aromatic amines is 1. The molecule has 126 valence electrons. The number of halogens is 1. The van der Waals surface area contributed by atoms with Crippen LogP contribution < -0.4 is 5.32 Å². The molecule has 1 saturated carbocycles. The number of benzene rings is 1. The zero-order valence-corrected chi connectivity index (χ0v) is 14.9. The minimum Gasteiger partial charge on any atom is -0.361 e. The first-order valence-corrected chi connectivity index (χ1v) is 9.29. The van der Waals surface area contributed by atoms with Crippen molar-refractivity contribution in [1.29, 1.82) is 0 Å². The van der Waals surface area contributed by atoms with E-state index in [1.165, 1.54) is 10.9 Å². The van der Waals surface area contributed by atoms with Crippen LogP contribution in [0.25, 0.3) is 10.9 Å². The van der Waals surface area contributed by atoms with Crippen molar-refractivity contribution in [3.8, 4) is 0 Å². The van der Waals surface area contributed by atoms with Gasteiger partial charge in [0.15, 0.2) is 5.11 Å². The van der Waals surface area contributed by atoms with Crippen molar-refractivity contribution in [2.45, 2.75) is 37.1 Å². The summed E-state index contributed by atoms with van der Waals surface area (Å²) in [6, 6.07) is 8.32. The Kier molecular flexibility index (Phi) is 4.22. The van der Waals surface area contributed by atoms with Crippen LogP contribution in [0.5, 0.6) is 0 Å². The molecule has 24 heavy (non-hydrogen) atoms. The van der Waals surface area contributed by atoms with Gasteiger partial charge in [-0.1, -0.05) is 18.2 Å². The Morgan fingerprint density at radius 2 is 2.12 bits per heavy atom. The molecule has 0 bridgehead atoms. The lowest BCUT2D eigenvalue weighted by Crippen LogP contribution is -2.61. The summed E-state index contributed by atoms with van der Waals surface area (Å²) in [4.78, 5) is 17.9. The van der Waals surface area contributed by atoms with E-state index < -0.39 is 0 Å². The molecular formula is C18H20ClN3OS. The van der Waals surface area contributed by atoms with Crippen molar-refractivity contribution in [2.24, 2.45) is 5.92 Å². The van der Waals surface area contributed by atoms with Crippen LogP contribution in [-0.4, -0.2) is 38.9 Å². The average Bonchev–Trinajstić information content (AvgIpc) is 2.97. The van der Waals surface area contributed by atoms with Crippen LogP contribution in [0.15, 0.2) is 30.5 Å². The maximum Gasteiger partial charge on any atom is 0.233 e. The van der Waals surface area contributed by atoms with Crippen molar-refractivity contribution >= 4 is 45.7 Å². The number of hydrogen-bond donors (Lipinski definition) is 2. The van der Waals surface area contributed by atoms with Crippen LogP contribution in [0.3, 0.4) is 0 Å². The number of nitrogens with one attached hydrogen (secondary N) is 2. The first-order valence-electron chi connectivity index (χ1n) is 8.44. The summed E-state index contributed by atoms with van der Waals surface area (Å²) in [6.07, 6.45) is 5.37. The smallest absolute Gasteiger partial charge is 0.233 e. The largest absolute Gasteiger partial charge is 0.361 e. The summed E-state index contributed by atoms with van der Waals surface area (Å²) in [5, 5.41) is 5.24. The molecule has 3 atom stereocenters. The van der Waals surface area contributed by atoms with Crippen LogP contribution >= 0.6 is 23.8 Å². The SMILES string of the molecule is O=C1C2CCC(Cl)CC2NC(=S)N1CCc1c[nH]c2ccccc12. The molecule has 6 heteroatoms. The summed E-state index contributed by atoms with van der Waals surface area (Å²) in [6.45, 7) is 0.611. The standard InChI is InChI=1S/C18H20ClN3OS/c19-12-5-6-14-16(9-12)21-18(24)22(17(14)23)8-7-11-10-20-15-4-2-1-3-13(11)15/h1-4,10,12,14,16,20H,5-9H2,(H,21,24). The maximum atomic E-state index is 12.8. The third-order valence-electron chi connectivity index (χ3n) is 5.20. The van der Waals surface area contributed by atoms with E-state index in [1.54, 1.807) is 4.90 Å². The molecule has 1 amide bonds. The summed E-state index contributed by atoms with van der Waals surface area (Å²) in [7, 11) is 0. The third kappa shape index (κ3) is 2.80. The monoisotopic (exact) mass is 361 g/mol. The normalized spacial score (nSPS) is 27.2. The van der Waals surface area contributed by atoms with E-state index in [4.69, 9.17) is 23.8 Å². The fourth-order valence-corrected chi connectivity index (χ4v) is 4.54. The fourth-order valence-electron chi connectivity index (χ4n) is 3.89. The second-order valence-electron chi connectivity index (χ2n) is 6.67. The molecular weight excluding hydrogens is 342 g/mol. The topological polar surface area (TPSA) is 48.1 Å². The zero-order valence-electron chi connectivity index (χ0n) is 13.3.